The van der Waals surface area contributed by atoms with Crippen molar-refractivity contribution in [3.05, 3.63) is 0 Å². The summed E-state index contributed by atoms with van der Waals surface area (Å²) in [4.78, 5) is 0. The summed E-state index contributed by atoms with van der Waals surface area (Å²) in [6.07, 6.45) is 0. The molecular weight excluding hydrogens is 223 g/mol. The van der Waals surface area contributed by atoms with Crippen LogP contribution in [0.1, 0.15) is 41.5 Å². The second kappa shape index (κ2) is 9.35. The second-order valence-corrected chi connectivity index (χ2v) is 6.69. The van der Waals surface area contributed by atoms with Gasteiger partial charge in [0, 0.05) is 19.8 Å². The van der Waals surface area contributed by atoms with E-state index in [0.717, 1.165) is 19.8 Å². The van der Waals surface area contributed by atoms with Crippen LogP contribution in [0.5, 0.6) is 0 Å². The Bertz CT molecular complexity index is 138. The Morgan fingerprint density at radius 3 is 1.12 bits per heavy atom. The Morgan fingerprint density at radius 1 is 0.688 bits per heavy atom. The van der Waals surface area contributed by atoms with Gasteiger partial charge in [-0.05, 0) is 49.5 Å². The molecule has 4 heteroatoms. The quantitative estimate of drug-likeness (QED) is 0.585. The molecule has 98 valence electrons. The maximum absolute atomic E-state index is 5.71. The van der Waals surface area contributed by atoms with Crippen LogP contribution in [-0.4, -0.2) is 37.4 Å². The summed E-state index contributed by atoms with van der Waals surface area (Å²) >= 11 is 0. The van der Waals surface area contributed by atoms with Crippen molar-refractivity contribution in [1.29, 1.82) is 0 Å². The van der Waals surface area contributed by atoms with E-state index >= 15 is 0 Å². The van der Waals surface area contributed by atoms with Crippen molar-refractivity contribution in [1.82, 2.24) is 0 Å². The lowest BCUT2D eigenvalue weighted by Gasteiger charge is -2.34. The number of ether oxygens (including phenoxy) is 3. The lowest BCUT2D eigenvalue weighted by molar-refractivity contribution is 0.0854. The maximum Gasteiger partial charge on any atom is 0.0787 e. The van der Waals surface area contributed by atoms with Crippen LogP contribution in [0.4, 0.5) is 0 Å². The predicted molar refractivity (Wildman–Crippen MR) is 70.2 cm³/mol. The highest BCUT2D eigenvalue weighted by molar-refractivity contribution is 7.59. The summed E-state index contributed by atoms with van der Waals surface area (Å²) in [5, 5.41) is 0. The second-order valence-electron chi connectivity index (χ2n) is 3.61. The van der Waals surface area contributed by atoms with E-state index in [1.165, 1.54) is 0 Å². The molecule has 0 aliphatic heterocycles. The minimum absolute atomic E-state index is 0.225. The first kappa shape index (κ1) is 16.3. The van der Waals surface area contributed by atoms with E-state index in [9.17, 15) is 0 Å². The third-order valence-corrected chi connectivity index (χ3v) is 5.45. The van der Waals surface area contributed by atoms with E-state index in [4.69, 9.17) is 14.2 Å². The summed E-state index contributed by atoms with van der Waals surface area (Å²) in [7, 11) is -0.429. The van der Waals surface area contributed by atoms with Crippen LogP contribution < -0.4 is 0 Å². The van der Waals surface area contributed by atoms with Crippen molar-refractivity contribution in [2.45, 2.75) is 59.1 Å². The zero-order chi connectivity index (χ0) is 12.6. The summed E-state index contributed by atoms with van der Waals surface area (Å²) in [5.41, 5.74) is 0. The Kier molecular flexibility index (Phi) is 9.53. The monoisotopic (exact) mass is 250 g/mol. The molecule has 16 heavy (non-hydrogen) atoms. The predicted octanol–water partition coefficient (Wildman–Crippen LogP) is 3.62. The lowest BCUT2D eigenvalue weighted by Crippen LogP contribution is -2.24. The van der Waals surface area contributed by atoms with Gasteiger partial charge in [0.25, 0.3) is 0 Å². The van der Waals surface area contributed by atoms with E-state index in [-0.39, 0.29) is 17.5 Å². The van der Waals surface area contributed by atoms with Crippen LogP contribution in [0, 0.1) is 0 Å². The summed E-state index contributed by atoms with van der Waals surface area (Å²) in [5.74, 6) is 0.675. The molecule has 0 saturated heterocycles. The first-order valence-corrected chi connectivity index (χ1v) is 7.75. The van der Waals surface area contributed by atoms with Gasteiger partial charge in [-0.2, -0.15) is 0 Å². The summed E-state index contributed by atoms with van der Waals surface area (Å²) in [6.45, 7) is 14.7. The smallest absolute Gasteiger partial charge is 0.0787 e. The average Bonchev–Trinajstić information content (AvgIpc) is 2.19. The molecule has 3 atom stereocenters. The molecule has 0 aliphatic carbocycles. The number of rotatable bonds is 9. The molecule has 0 radical (unpaired) electrons. The minimum atomic E-state index is -0.429. The highest BCUT2D eigenvalue weighted by Gasteiger charge is 2.29. The molecular formula is C12H27O3P. The van der Waals surface area contributed by atoms with Crippen molar-refractivity contribution >= 4 is 7.92 Å². The molecule has 0 heterocycles. The molecule has 0 bridgehead atoms. The third-order valence-electron chi connectivity index (χ3n) is 2.48. The minimum Gasteiger partial charge on any atom is -0.374 e. The van der Waals surface area contributed by atoms with Gasteiger partial charge in [0.15, 0.2) is 0 Å². The molecule has 0 amide bonds. The van der Waals surface area contributed by atoms with Crippen LogP contribution in [0.25, 0.3) is 0 Å². The Hall–Kier alpha value is 0.310. The Labute approximate surface area is 102 Å². The van der Waals surface area contributed by atoms with Crippen LogP contribution in [0.3, 0.4) is 0 Å². The Balaban J connectivity index is 4.47. The van der Waals surface area contributed by atoms with Crippen LogP contribution in [-0.2, 0) is 14.2 Å². The normalized spacial score (nSPS) is 19.1. The van der Waals surface area contributed by atoms with E-state index < -0.39 is 7.92 Å². The third kappa shape index (κ3) is 5.58. The zero-order valence-corrected chi connectivity index (χ0v) is 12.4. The fraction of sp³-hybridized carbons (Fsp3) is 1.00. The number of hydrogen-bond donors (Lipinski definition) is 0. The largest absolute Gasteiger partial charge is 0.374 e. The van der Waals surface area contributed by atoms with Crippen LogP contribution in [0.2, 0.25) is 0 Å². The molecule has 3 nitrogen and oxygen atoms in total. The SMILES string of the molecule is CCOC(C)P(C(C)OCC)C(C)OCC. The molecule has 0 aromatic rings. The molecule has 0 spiro atoms. The molecule has 0 N–H and O–H groups in total. The van der Waals surface area contributed by atoms with Gasteiger partial charge in [0.2, 0.25) is 0 Å². The highest BCUT2D eigenvalue weighted by atomic mass is 31.1. The van der Waals surface area contributed by atoms with Gasteiger partial charge in [-0.25, -0.2) is 0 Å². The molecule has 0 saturated carbocycles. The van der Waals surface area contributed by atoms with Crippen molar-refractivity contribution in [2.24, 2.45) is 0 Å². The van der Waals surface area contributed by atoms with Crippen molar-refractivity contribution in [3.8, 4) is 0 Å². The zero-order valence-electron chi connectivity index (χ0n) is 11.5. The number of hydrogen-bond acceptors (Lipinski definition) is 3. The highest BCUT2D eigenvalue weighted by Crippen LogP contribution is 2.51. The van der Waals surface area contributed by atoms with Gasteiger partial charge in [0.1, 0.15) is 0 Å². The molecule has 3 unspecified atom stereocenters. The van der Waals surface area contributed by atoms with Gasteiger partial charge < -0.3 is 14.2 Å². The molecule has 0 fully saturated rings. The maximum atomic E-state index is 5.71. The van der Waals surface area contributed by atoms with Gasteiger partial charge in [-0.3, -0.25) is 0 Å². The van der Waals surface area contributed by atoms with Gasteiger partial charge in [0.05, 0.1) is 17.5 Å². The van der Waals surface area contributed by atoms with Gasteiger partial charge in [-0.1, -0.05) is 0 Å². The summed E-state index contributed by atoms with van der Waals surface area (Å²) in [6, 6.07) is 0. The Morgan fingerprint density at radius 2 is 0.938 bits per heavy atom. The molecule has 0 aromatic heterocycles. The topological polar surface area (TPSA) is 27.7 Å². The summed E-state index contributed by atoms with van der Waals surface area (Å²) < 4.78 is 17.1. The van der Waals surface area contributed by atoms with Gasteiger partial charge >= 0.3 is 0 Å². The molecule has 0 rings (SSSR count). The average molecular weight is 250 g/mol. The van der Waals surface area contributed by atoms with E-state index in [0.29, 0.717) is 0 Å². The van der Waals surface area contributed by atoms with E-state index in [2.05, 4.69) is 20.8 Å². The standard InChI is InChI=1S/C12H27O3P/c1-7-13-10(4)16(11(5)14-8-2)12(6)15-9-3/h10-12H,7-9H2,1-6H3. The van der Waals surface area contributed by atoms with Crippen LogP contribution in [0.15, 0.2) is 0 Å². The fourth-order valence-corrected chi connectivity index (χ4v) is 4.61. The fourth-order valence-electron chi connectivity index (χ4n) is 1.87. The van der Waals surface area contributed by atoms with E-state index in [1.807, 2.05) is 20.8 Å². The van der Waals surface area contributed by atoms with Crippen LogP contribution >= 0.6 is 7.92 Å². The van der Waals surface area contributed by atoms with Crippen molar-refractivity contribution < 1.29 is 14.2 Å². The molecule has 0 aliphatic rings. The first-order valence-electron chi connectivity index (χ1n) is 6.20. The van der Waals surface area contributed by atoms with Gasteiger partial charge in [-0.15, -0.1) is 0 Å². The first-order chi connectivity index (χ1) is 7.58. The van der Waals surface area contributed by atoms with Crippen molar-refractivity contribution in [3.63, 3.8) is 0 Å². The lowest BCUT2D eigenvalue weighted by atomic mass is 10.7. The van der Waals surface area contributed by atoms with Crippen molar-refractivity contribution in [2.75, 3.05) is 19.8 Å². The molecule has 0 aromatic carbocycles. The van der Waals surface area contributed by atoms with E-state index in [1.54, 1.807) is 0 Å².